The van der Waals surface area contributed by atoms with E-state index in [1.807, 2.05) is 0 Å². The molecular formula is C12H15ClN2O2. The maximum absolute atomic E-state index is 11.4. The highest BCUT2D eigenvalue weighted by Gasteiger charge is 2.22. The van der Waals surface area contributed by atoms with Crippen LogP contribution in [-0.4, -0.2) is 23.6 Å². The molecule has 0 bridgehead atoms. The number of hydrogen-bond acceptors (Lipinski definition) is 3. The van der Waals surface area contributed by atoms with E-state index in [0.717, 1.165) is 12.8 Å². The first-order valence-corrected chi connectivity index (χ1v) is 6.00. The number of rotatable bonds is 5. The molecule has 0 atom stereocenters. The Morgan fingerprint density at radius 3 is 2.94 bits per heavy atom. The molecule has 92 valence electrons. The number of nitrogens with one attached hydrogen (secondary N) is 2. The summed E-state index contributed by atoms with van der Waals surface area (Å²) in [6.45, 7) is 0.674. The molecule has 1 amide bonds. The van der Waals surface area contributed by atoms with E-state index in [2.05, 4.69) is 10.6 Å². The molecule has 0 unspecified atom stereocenters. The Hall–Kier alpha value is -1.26. The second-order valence-electron chi connectivity index (χ2n) is 4.22. The molecule has 1 aliphatic rings. The molecular weight excluding hydrogens is 240 g/mol. The molecule has 1 aliphatic carbocycles. The molecule has 0 aliphatic heterocycles. The first-order chi connectivity index (χ1) is 8.15. The lowest BCUT2D eigenvalue weighted by molar-refractivity contribution is -0.120. The van der Waals surface area contributed by atoms with Crippen molar-refractivity contribution in [1.29, 1.82) is 0 Å². The first kappa shape index (κ1) is 12.2. The molecule has 2 rings (SSSR count). The van der Waals surface area contributed by atoms with Crippen molar-refractivity contribution in [3.8, 4) is 5.75 Å². The summed E-state index contributed by atoms with van der Waals surface area (Å²) < 4.78 is 0. The van der Waals surface area contributed by atoms with Crippen molar-refractivity contribution in [1.82, 2.24) is 10.6 Å². The molecule has 5 heteroatoms. The van der Waals surface area contributed by atoms with Gasteiger partial charge in [-0.05, 0) is 31.0 Å². The zero-order valence-corrected chi connectivity index (χ0v) is 10.1. The van der Waals surface area contributed by atoms with Crippen LogP contribution in [0.15, 0.2) is 18.2 Å². The Morgan fingerprint density at radius 2 is 2.24 bits per heavy atom. The van der Waals surface area contributed by atoms with E-state index in [0.29, 0.717) is 23.2 Å². The van der Waals surface area contributed by atoms with Crippen molar-refractivity contribution in [2.75, 3.05) is 6.54 Å². The summed E-state index contributed by atoms with van der Waals surface area (Å²) in [5, 5.41) is 16.0. The molecule has 17 heavy (non-hydrogen) atoms. The van der Waals surface area contributed by atoms with Crippen LogP contribution in [0.4, 0.5) is 0 Å². The van der Waals surface area contributed by atoms with Crippen molar-refractivity contribution in [2.45, 2.75) is 25.4 Å². The lowest BCUT2D eigenvalue weighted by atomic mass is 10.2. The van der Waals surface area contributed by atoms with Crippen LogP contribution >= 0.6 is 11.6 Å². The second kappa shape index (κ2) is 5.38. The molecule has 0 spiro atoms. The maximum Gasteiger partial charge on any atom is 0.234 e. The van der Waals surface area contributed by atoms with E-state index in [9.17, 15) is 9.90 Å². The van der Waals surface area contributed by atoms with Crippen molar-refractivity contribution < 1.29 is 9.90 Å². The topological polar surface area (TPSA) is 61.4 Å². The molecule has 1 aromatic carbocycles. The predicted molar refractivity (Wildman–Crippen MR) is 66.0 cm³/mol. The number of benzene rings is 1. The number of halogens is 1. The Balaban J connectivity index is 1.76. The quantitative estimate of drug-likeness (QED) is 0.745. The van der Waals surface area contributed by atoms with Gasteiger partial charge in [-0.3, -0.25) is 4.79 Å². The largest absolute Gasteiger partial charge is 0.508 e. The molecule has 4 nitrogen and oxygen atoms in total. The van der Waals surface area contributed by atoms with Gasteiger partial charge >= 0.3 is 0 Å². The van der Waals surface area contributed by atoms with Crippen LogP contribution in [0, 0.1) is 0 Å². The van der Waals surface area contributed by atoms with Crippen LogP contribution in [0.1, 0.15) is 18.4 Å². The average molecular weight is 255 g/mol. The summed E-state index contributed by atoms with van der Waals surface area (Å²) in [6.07, 6.45) is 2.17. The second-order valence-corrected chi connectivity index (χ2v) is 4.65. The van der Waals surface area contributed by atoms with Gasteiger partial charge in [0.05, 0.1) is 6.54 Å². The number of phenols is 1. The van der Waals surface area contributed by atoms with E-state index in [-0.39, 0.29) is 18.2 Å². The Bertz CT molecular complexity index is 419. The zero-order valence-electron chi connectivity index (χ0n) is 9.37. The highest BCUT2D eigenvalue weighted by atomic mass is 35.5. The van der Waals surface area contributed by atoms with E-state index in [1.165, 1.54) is 0 Å². The average Bonchev–Trinajstić information content (AvgIpc) is 3.07. The molecule has 0 radical (unpaired) electrons. The maximum atomic E-state index is 11.4. The normalized spacial score (nSPS) is 14.6. The third-order valence-corrected chi connectivity index (χ3v) is 2.82. The number of aromatic hydroxyl groups is 1. The Kier molecular flexibility index (Phi) is 3.86. The van der Waals surface area contributed by atoms with Gasteiger partial charge < -0.3 is 15.7 Å². The third-order valence-electron chi connectivity index (χ3n) is 2.59. The molecule has 1 aromatic rings. The summed E-state index contributed by atoms with van der Waals surface area (Å²) in [6, 6.07) is 5.23. The van der Waals surface area contributed by atoms with Gasteiger partial charge in [-0.15, -0.1) is 0 Å². The minimum absolute atomic E-state index is 0.00554. The van der Waals surface area contributed by atoms with Crippen LogP contribution < -0.4 is 10.6 Å². The van der Waals surface area contributed by atoms with Crippen molar-refractivity contribution in [2.24, 2.45) is 0 Å². The van der Waals surface area contributed by atoms with Crippen molar-refractivity contribution >= 4 is 17.5 Å². The summed E-state index contributed by atoms with van der Waals surface area (Å²) >= 11 is 5.82. The highest BCUT2D eigenvalue weighted by Crippen LogP contribution is 2.21. The smallest absolute Gasteiger partial charge is 0.234 e. The first-order valence-electron chi connectivity index (χ1n) is 5.62. The van der Waals surface area contributed by atoms with Crippen LogP contribution in [0.25, 0.3) is 0 Å². The van der Waals surface area contributed by atoms with Gasteiger partial charge in [0.25, 0.3) is 0 Å². The van der Waals surface area contributed by atoms with Crippen molar-refractivity contribution in [3.05, 3.63) is 28.8 Å². The monoisotopic (exact) mass is 254 g/mol. The number of carbonyl (C=O) groups is 1. The standard InChI is InChI=1S/C12H15ClN2O2/c13-9-1-4-11(16)8(5-9)6-14-7-12(17)15-10-2-3-10/h1,4-5,10,14,16H,2-3,6-7H2,(H,15,17). The third kappa shape index (κ3) is 3.91. The fourth-order valence-electron chi connectivity index (χ4n) is 1.51. The van der Waals surface area contributed by atoms with Gasteiger partial charge in [0.1, 0.15) is 5.75 Å². The lowest BCUT2D eigenvalue weighted by Gasteiger charge is -2.07. The van der Waals surface area contributed by atoms with E-state index in [4.69, 9.17) is 11.6 Å². The molecule has 0 saturated heterocycles. The number of hydrogen-bond donors (Lipinski definition) is 3. The molecule has 1 fully saturated rings. The molecule has 3 N–H and O–H groups in total. The zero-order chi connectivity index (χ0) is 12.3. The minimum Gasteiger partial charge on any atom is -0.508 e. The summed E-state index contributed by atoms with van der Waals surface area (Å²) in [4.78, 5) is 11.4. The van der Waals surface area contributed by atoms with Gasteiger partial charge in [0, 0.05) is 23.2 Å². The molecule has 0 aromatic heterocycles. The summed E-state index contributed by atoms with van der Waals surface area (Å²) in [7, 11) is 0. The van der Waals surface area contributed by atoms with Crippen LogP contribution in [0.3, 0.4) is 0 Å². The molecule has 0 heterocycles. The Labute approximate surface area is 105 Å². The number of phenolic OH excluding ortho intramolecular Hbond substituents is 1. The fourth-order valence-corrected chi connectivity index (χ4v) is 1.71. The predicted octanol–water partition coefficient (Wildman–Crippen LogP) is 1.41. The SMILES string of the molecule is O=C(CNCc1cc(Cl)ccc1O)NC1CC1. The Morgan fingerprint density at radius 1 is 1.47 bits per heavy atom. The minimum atomic E-state index is -0.00554. The summed E-state index contributed by atoms with van der Waals surface area (Å²) in [5.74, 6) is 0.179. The van der Waals surface area contributed by atoms with Crippen LogP contribution in [-0.2, 0) is 11.3 Å². The number of amides is 1. The highest BCUT2D eigenvalue weighted by molar-refractivity contribution is 6.30. The van der Waals surface area contributed by atoms with Gasteiger partial charge in [0.2, 0.25) is 5.91 Å². The van der Waals surface area contributed by atoms with Gasteiger partial charge in [-0.2, -0.15) is 0 Å². The summed E-state index contributed by atoms with van der Waals surface area (Å²) in [5.41, 5.74) is 0.691. The fraction of sp³-hybridized carbons (Fsp3) is 0.417. The van der Waals surface area contributed by atoms with Gasteiger partial charge in [0.15, 0.2) is 0 Å². The van der Waals surface area contributed by atoms with Crippen LogP contribution in [0.2, 0.25) is 5.02 Å². The van der Waals surface area contributed by atoms with Gasteiger partial charge in [-0.1, -0.05) is 11.6 Å². The van der Waals surface area contributed by atoms with Gasteiger partial charge in [-0.25, -0.2) is 0 Å². The lowest BCUT2D eigenvalue weighted by Crippen LogP contribution is -2.34. The van der Waals surface area contributed by atoms with E-state index < -0.39 is 0 Å². The van der Waals surface area contributed by atoms with Crippen LogP contribution in [0.5, 0.6) is 5.75 Å². The molecule has 1 saturated carbocycles. The van der Waals surface area contributed by atoms with E-state index >= 15 is 0 Å². The number of carbonyl (C=O) groups excluding carboxylic acids is 1. The van der Waals surface area contributed by atoms with Crippen molar-refractivity contribution in [3.63, 3.8) is 0 Å². The van der Waals surface area contributed by atoms with E-state index in [1.54, 1.807) is 18.2 Å².